The maximum Gasteiger partial charge on any atom is 0.0628 e. The molecule has 7 heavy (non-hydrogen) atoms. The van der Waals surface area contributed by atoms with Crippen LogP contribution in [0.1, 0.15) is 0 Å². The summed E-state index contributed by atoms with van der Waals surface area (Å²) in [5.74, 6) is -0.572. The first-order valence-electron chi connectivity index (χ1n) is 1.66. The second kappa shape index (κ2) is 6.12. The van der Waals surface area contributed by atoms with Crippen molar-refractivity contribution in [1.29, 1.82) is 0 Å². The molecule has 0 radical (unpaired) electrons. The van der Waals surface area contributed by atoms with Crippen LogP contribution in [0.15, 0.2) is 0 Å². The molecule has 0 aromatic rings. The number of carbonyl (C=O) groups excluding carboxylic acids is 1. The Morgan fingerprint density at radius 1 is 1.86 bits per heavy atom. The van der Waals surface area contributed by atoms with Gasteiger partial charge in [0.15, 0.2) is 0 Å². The zero-order chi connectivity index (χ0) is 4.99. The van der Waals surface area contributed by atoms with Crippen molar-refractivity contribution in [3.63, 3.8) is 0 Å². The number of likely N-dealkylation sites (N-methyl/N-ethyl adjacent to an activating group) is 1. The molecule has 0 aliphatic heterocycles. The molecule has 42 valence electrons. The van der Waals surface area contributed by atoms with Crippen LogP contribution in [0.5, 0.6) is 0 Å². The molecule has 0 aromatic carbocycles. The van der Waals surface area contributed by atoms with Gasteiger partial charge in [-0.1, -0.05) is 0 Å². The van der Waals surface area contributed by atoms with E-state index in [0.29, 0.717) is 0 Å². The van der Waals surface area contributed by atoms with E-state index in [0.717, 1.165) is 0 Å². The van der Waals surface area contributed by atoms with Gasteiger partial charge in [0.25, 0.3) is 0 Å². The molecular formula is C3H7N2OW-. The van der Waals surface area contributed by atoms with Gasteiger partial charge in [0.2, 0.25) is 0 Å². The molecule has 0 fully saturated rings. The fourth-order valence-electron chi connectivity index (χ4n) is 0.161. The number of rotatable bonds is 2. The number of nitrogens with one attached hydrogen (secondary N) is 2. The monoisotopic (exact) mass is 271 g/mol. The largest absolute Gasteiger partial charge is 0.667 e. The normalized spacial score (nSPS) is 7.00. The Kier molecular flexibility index (Phi) is 8.89. The quantitative estimate of drug-likeness (QED) is 0.755. The van der Waals surface area contributed by atoms with Gasteiger partial charge in [-0.2, -0.15) is 0 Å². The smallest absolute Gasteiger partial charge is 0.0628 e. The maximum absolute atomic E-state index is 9.65. The van der Waals surface area contributed by atoms with Crippen molar-refractivity contribution >= 4 is 5.91 Å². The van der Waals surface area contributed by atoms with Gasteiger partial charge in [0.1, 0.15) is 0 Å². The Hall–Kier alpha value is 0.118. The van der Waals surface area contributed by atoms with Crippen LogP contribution in [0.2, 0.25) is 0 Å². The molecular weight excluding hydrogens is 264 g/mol. The molecule has 0 unspecified atom stereocenters. The van der Waals surface area contributed by atoms with Crippen LogP contribution in [0.4, 0.5) is 0 Å². The number of carbonyl (C=O) groups is 1. The average Bonchev–Trinajstić information content (AvgIpc) is 1.35. The van der Waals surface area contributed by atoms with Crippen LogP contribution in [0.3, 0.4) is 0 Å². The van der Waals surface area contributed by atoms with Crippen molar-refractivity contribution in [3.05, 3.63) is 5.73 Å². The van der Waals surface area contributed by atoms with Gasteiger partial charge in [-0.25, -0.2) is 0 Å². The first kappa shape index (κ1) is 10.2. The van der Waals surface area contributed by atoms with Crippen LogP contribution in [-0.2, 0) is 25.9 Å². The van der Waals surface area contributed by atoms with Crippen molar-refractivity contribution in [3.8, 4) is 0 Å². The van der Waals surface area contributed by atoms with Crippen molar-refractivity contribution in [2.75, 3.05) is 13.6 Å². The summed E-state index contributed by atoms with van der Waals surface area (Å²) < 4.78 is 0. The first-order chi connectivity index (χ1) is 2.77. The molecule has 0 aromatic heterocycles. The van der Waals surface area contributed by atoms with E-state index < -0.39 is 5.91 Å². The number of amides is 1. The molecule has 0 atom stereocenters. The molecule has 2 N–H and O–H groups in total. The maximum atomic E-state index is 9.65. The Morgan fingerprint density at radius 2 is 2.29 bits per heavy atom. The second-order valence-corrected chi connectivity index (χ2v) is 0.954. The van der Waals surface area contributed by atoms with Crippen LogP contribution < -0.4 is 5.32 Å². The van der Waals surface area contributed by atoms with Gasteiger partial charge in [0, 0.05) is 27.6 Å². The van der Waals surface area contributed by atoms with E-state index in [4.69, 9.17) is 5.73 Å². The summed E-state index contributed by atoms with van der Waals surface area (Å²) in [6.45, 7) is 0.153. The van der Waals surface area contributed by atoms with E-state index in [1.54, 1.807) is 7.05 Å². The van der Waals surface area contributed by atoms with Crippen molar-refractivity contribution in [2.45, 2.75) is 0 Å². The minimum atomic E-state index is -0.572. The van der Waals surface area contributed by atoms with E-state index in [1.807, 2.05) is 0 Å². The van der Waals surface area contributed by atoms with Crippen LogP contribution in [-0.4, -0.2) is 19.5 Å². The fourth-order valence-corrected chi connectivity index (χ4v) is 0.161. The number of hydrogen-bond acceptors (Lipinski definition) is 2. The molecule has 0 spiro atoms. The third kappa shape index (κ3) is 10.7. The summed E-state index contributed by atoms with van der Waals surface area (Å²) in [6.07, 6.45) is 0. The van der Waals surface area contributed by atoms with E-state index in [1.165, 1.54) is 0 Å². The molecule has 0 aliphatic carbocycles. The van der Waals surface area contributed by atoms with Crippen LogP contribution in [0, 0.1) is 0 Å². The molecule has 0 aliphatic rings. The van der Waals surface area contributed by atoms with Crippen LogP contribution in [0.25, 0.3) is 5.73 Å². The summed E-state index contributed by atoms with van der Waals surface area (Å²) in [5.41, 5.74) is 6.28. The third-order valence-electron chi connectivity index (χ3n) is 0.337. The Labute approximate surface area is 56.9 Å². The fraction of sp³-hybridized carbons (Fsp3) is 0.667. The minimum Gasteiger partial charge on any atom is -0.667 e. The summed E-state index contributed by atoms with van der Waals surface area (Å²) in [6, 6.07) is 0. The molecule has 0 heterocycles. The van der Waals surface area contributed by atoms with E-state index in [9.17, 15) is 4.79 Å². The molecule has 4 heteroatoms. The average molecular weight is 271 g/mol. The summed E-state index contributed by atoms with van der Waals surface area (Å²) >= 11 is 0. The zero-order valence-corrected chi connectivity index (χ0v) is 6.96. The summed E-state index contributed by atoms with van der Waals surface area (Å²) in [5, 5.41) is 2.53. The van der Waals surface area contributed by atoms with Crippen molar-refractivity contribution < 1.29 is 25.9 Å². The van der Waals surface area contributed by atoms with Crippen molar-refractivity contribution in [1.82, 2.24) is 5.32 Å². The van der Waals surface area contributed by atoms with E-state index >= 15 is 0 Å². The van der Waals surface area contributed by atoms with Gasteiger partial charge < -0.3 is 15.8 Å². The van der Waals surface area contributed by atoms with E-state index in [2.05, 4.69) is 5.32 Å². The first-order valence-corrected chi connectivity index (χ1v) is 1.66. The van der Waals surface area contributed by atoms with Gasteiger partial charge in [-0.15, -0.1) is 0 Å². The van der Waals surface area contributed by atoms with Crippen molar-refractivity contribution in [2.24, 2.45) is 0 Å². The predicted octanol–water partition coefficient (Wildman–Crippen LogP) is -0.218. The summed E-state index contributed by atoms with van der Waals surface area (Å²) in [4.78, 5) is 9.65. The molecule has 0 saturated carbocycles. The third-order valence-corrected chi connectivity index (χ3v) is 0.337. The standard InChI is InChI=1S/C3H8N2O.W/c1-5-2-3(4)6;/h5H,2H2,1H3,(H2,4,6);/p-1. The molecule has 0 bridgehead atoms. The van der Waals surface area contributed by atoms with Gasteiger partial charge in [0.05, 0.1) is 5.91 Å². The minimum absolute atomic E-state index is 0. The molecule has 3 nitrogen and oxygen atoms in total. The molecule has 0 rings (SSSR count). The topological polar surface area (TPSA) is 52.9 Å². The molecule has 0 saturated heterocycles. The van der Waals surface area contributed by atoms with Gasteiger partial charge in [-0.05, 0) is 7.05 Å². The molecule has 1 amide bonds. The Morgan fingerprint density at radius 3 is 2.29 bits per heavy atom. The number of hydrogen-bond donors (Lipinski definition) is 1. The van der Waals surface area contributed by atoms with Gasteiger partial charge >= 0.3 is 0 Å². The van der Waals surface area contributed by atoms with Gasteiger partial charge in [-0.3, -0.25) is 0 Å². The summed E-state index contributed by atoms with van der Waals surface area (Å²) in [7, 11) is 1.63. The zero-order valence-electron chi connectivity index (χ0n) is 4.02. The second-order valence-electron chi connectivity index (χ2n) is 0.954. The Bertz CT molecular complexity index is 56.9. The SMILES string of the molecule is CNCC([NH-])=O.[W]. The van der Waals surface area contributed by atoms with E-state index in [-0.39, 0.29) is 27.6 Å². The Balaban J connectivity index is 0. The van der Waals surface area contributed by atoms with Crippen LogP contribution >= 0.6 is 0 Å². The predicted molar refractivity (Wildman–Crippen MR) is 23.3 cm³/mol.